The summed E-state index contributed by atoms with van der Waals surface area (Å²) < 4.78 is 1.40. The number of fused-ring (bicyclic) bond motifs is 2. The summed E-state index contributed by atoms with van der Waals surface area (Å²) in [5.74, 6) is 0.530. The minimum Gasteiger partial charge on any atom is -0.361 e. The Morgan fingerprint density at radius 1 is 0.931 bits per heavy atom. The van der Waals surface area contributed by atoms with E-state index >= 15 is 0 Å². The van der Waals surface area contributed by atoms with Gasteiger partial charge in [0.1, 0.15) is 0 Å². The Hall–Kier alpha value is -3.99. The SMILES string of the molecule is Cc1ccccc1-c1nc2ccccc2c(=O)n1/N=C/c1c[nH]c2ccccc12. The van der Waals surface area contributed by atoms with E-state index in [4.69, 9.17) is 4.98 Å². The highest BCUT2D eigenvalue weighted by Crippen LogP contribution is 2.22. The lowest BCUT2D eigenvalue weighted by Gasteiger charge is -2.11. The number of benzene rings is 3. The molecule has 0 aliphatic heterocycles. The zero-order valence-electron chi connectivity index (χ0n) is 15.8. The summed E-state index contributed by atoms with van der Waals surface area (Å²) in [5, 5.41) is 6.16. The zero-order chi connectivity index (χ0) is 19.8. The lowest BCUT2D eigenvalue weighted by atomic mass is 10.1. The fourth-order valence-corrected chi connectivity index (χ4v) is 3.55. The fraction of sp³-hybridized carbons (Fsp3) is 0.0417. The molecule has 0 radical (unpaired) electrons. The molecular weight excluding hydrogens is 360 g/mol. The number of rotatable bonds is 3. The highest BCUT2D eigenvalue weighted by atomic mass is 16.1. The minimum atomic E-state index is -0.190. The number of nitrogens with zero attached hydrogens (tertiary/aromatic N) is 3. The van der Waals surface area contributed by atoms with E-state index in [1.807, 2.05) is 79.9 Å². The number of H-pyrrole nitrogens is 1. The van der Waals surface area contributed by atoms with Gasteiger partial charge in [0.05, 0.1) is 17.1 Å². The highest BCUT2D eigenvalue weighted by Gasteiger charge is 2.14. The number of hydrogen-bond donors (Lipinski definition) is 1. The van der Waals surface area contributed by atoms with Crippen LogP contribution in [-0.4, -0.2) is 20.9 Å². The first-order valence-electron chi connectivity index (χ1n) is 9.40. The quantitative estimate of drug-likeness (QED) is 0.461. The third-order valence-corrected chi connectivity index (χ3v) is 5.07. The van der Waals surface area contributed by atoms with Crippen LogP contribution in [0.4, 0.5) is 0 Å². The van der Waals surface area contributed by atoms with E-state index in [-0.39, 0.29) is 5.56 Å². The van der Waals surface area contributed by atoms with Gasteiger partial charge >= 0.3 is 0 Å². The molecular formula is C24H18N4O. The Morgan fingerprint density at radius 2 is 1.66 bits per heavy atom. The molecule has 0 aliphatic rings. The van der Waals surface area contributed by atoms with Crippen molar-refractivity contribution in [2.24, 2.45) is 5.10 Å². The molecule has 0 saturated carbocycles. The van der Waals surface area contributed by atoms with Crippen molar-refractivity contribution in [2.45, 2.75) is 6.92 Å². The molecule has 0 amide bonds. The van der Waals surface area contributed by atoms with Crippen LogP contribution in [0.5, 0.6) is 0 Å². The van der Waals surface area contributed by atoms with Gasteiger partial charge in [0.2, 0.25) is 0 Å². The Labute approximate surface area is 167 Å². The van der Waals surface area contributed by atoms with Gasteiger partial charge in [-0.05, 0) is 30.7 Å². The van der Waals surface area contributed by atoms with Gasteiger partial charge in [-0.1, -0.05) is 54.6 Å². The predicted octanol–water partition coefficient (Wildman–Crippen LogP) is 4.74. The summed E-state index contributed by atoms with van der Waals surface area (Å²) >= 11 is 0. The van der Waals surface area contributed by atoms with Crippen molar-refractivity contribution >= 4 is 28.0 Å². The number of para-hydroxylation sites is 2. The van der Waals surface area contributed by atoms with Crippen LogP contribution in [0.3, 0.4) is 0 Å². The molecule has 0 fully saturated rings. The average Bonchev–Trinajstić information content (AvgIpc) is 3.17. The summed E-state index contributed by atoms with van der Waals surface area (Å²) in [6.45, 7) is 2.00. The lowest BCUT2D eigenvalue weighted by molar-refractivity contribution is 0.829. The molecule has 5 nitrogen and oxygen atoms in total. The van der Waals surface area contributed by atoms with Crippen LogP contribution in [0.15, 0.2) is 88.9 Å². The molecule has 0 aliphatic carbocycles. The molecule has 1 N–H and O–H groups in total. The average molecular weight is 378 g/mol. The van der Waals surface area contributed by atoms with Gasteiger partial charge in [0.15, 0.2) is 5.82 Å². The van der Waals surface area contributed by atoms with E-state index in [2.05, 4.69) is 10.1 Å². The number of nitrogens with one attached hydrogen (secondary N) is 1. The van der Waals surface area contributed by atoms with E-state index in [0.29, 0.717) is 16.7 Å². The topological polar surface area (TPSA) is 63.0 Å². The van der Waals surface area contributed by atoms with Crippen LogP contribution in [-0.2, 0) is 0 Å². The molecule has 0 saturated heterocycles. The summed E-state index contributed by atoms with van der Waals surface area (Å²) in [6.07, 6.45) is 3.60. The normalized spacial score (nSPS) is 11.6. The van der Waals surface area contributed by atoms with Crippen LogP contribution in [0.1, 0.15) is 11.1 Å². The number of aryl methyl sites for hydroxylation is 1. The second kappa shape index (κ2) is 6.87. The minimum absolute atomic E-state index is 0.190. The van der Waals surface area contributed by atoms with E-state index < -0.39 is 0 Å². The molecule has 5 heteroatoms. The van der Waals surface area contributed by atoms with E-state index in [1.54, 1.807) is 12.3 Å². The van der Waals surface area contributed by atoms with Crippen molar-refractivity contribution in [1.82, 2.24) is 14.6 Å². The van der Waals surface area contributed by atoms with E-state index in [9.17, 15) is 4.79 Å². The summed E-state index contributed by atoms with van der Waals surface area (Å²) in [6, 6.07) is 23.2. The molecule has 140 valence electrons. The van der Waals surface area contributed by atoms with Crippen molar-refractivity contribution in [3.05, 3.63) is 100 Å². The Kier molecular flexibility index (Phi) is 4.06. The molecule has 29 heavy (non-hydrogen) atoms. The smallest absolute Gasteiger partial charge is 0.282 e. The maximum Gasteiger partial charge on any atom is 0.282 e. The summed E-state index contributed by atoms with van der Waals surface area (Å²) in [7, 11) is 0. The van der Waals surface area contributed by atoms with Crippen LogP contribution in [0.2, 0.25) is 0 Å². The van der Waals surface area contributed by atoms with Crippen molar-refractivity contribution in [1.29, 1.82) is 0 Å². The lowest BCUT2D eigenvalue weighted by Crippen LogP contribution is -2.20. The van der Waals surface area contributed by atoms with Gasteiger partial charge < -0.3 is 4.98 Å². The molecule has 3 aromatic carbocycles. The summed E-state index contributed by atoms with van der Waals surface area (Å²) in [4.78, 5) is 21.3. The Bertz CT molecular complexity index is 1440. The molecule has 2 heterocycles. The van der Waals surface area contributed by atoms with Crippen molar-refractivity contribution in [3.63, 3.8) is 0 Å². The van der Waals surface area contributed by atoms with Gasteiger partial charge in [0, 0.05) is 28.2 Å². The first kappa shape index (κ1) is 17.1. The predicted molar refractivity (Wildman–Crippen MR) is 117 cm³/mol. The van der Waals surface area contributed by atoms with E-state index in [1.165, 1.54) is 4.68 Å². The third kappa shape index (κ3) is 2.93. The zero-order valence-corrected chi connectivity index (χ0v) is 15.8. The van der Waals surface area contributed by atoms with Crippen molar-refractivity contribution < 1.29 is 0 Å². The fourth-order valence-electron chi connectivity index (χ4n) is 3.55. The number of aromatic nitrogens is 3. The summed E-state index contributed by atoms with van der Waals surface area (Å²) in [5.41, 5.74) is 4.32. The molecule has 2 aromatic heterocycles. The number of aromatic amines is 1. The highest BCUT2D eigenvalue weighted by molar-refractivity contribution is 5.99. The van der Waals surface area contributed by atoms with Crippen LogP contribution < -0.4 is 5.56 Å². The molecule has 5 rings (SSSR count). The van der Waals surface area contributed by atoms with Crippen LogP contribution >= 0.6 is 0 Å². The maximum atomic E-state index is 13.3. The van der Waals surface area contributed by atoms with Gasteiger partial charge in [0.25, 0.3) is 5.56 Å². The Morgan fingerprint density at radius 3 is 2.52 bits per heavy atom. The van der Waals surface area contributed by atoms with Gasteiger partial charge in [-0.15, -0.1) is 0 Å². The Balaban J connectivity index is 1.75. The van der Waals surface area contributed by atoms with Crippen LogP contribution in [0, 0.1) is 6.92 Å². The molecule has 0 bridgehead atoms. The standard InChI is InChI=1S/C24H18N4O/c1-16-8-2-3-9-18(16)23-27-22-13-7-5-11-20(22)24(29)28(23)26-15-17-14-25-21-12-6-4-10-19(17)21/h2-15,25H,1H3/b26-15+. The molecule has 0 unspecified atom stereocenters. The molecule has 0 spiro atoms. The first-order chi connectivity index (χ1) is 14.2. The van der Waals surface area contributed by atoms with Gasteiger partial charge in [-0.3, -0.25) is 4.79 Å². The maximum absolute atomic E-state index is 13.3. The first-order valence-corrected chi connectivity index (χ1v) is 9.40. The van der Waals surface area contributed by atoms with Crippen molar-refractivity contribution in [2.75, 3.05) is 0 Å². The van der Waals surface area contributed by atoms with Crippen molar-refractivity contribution in [3.8, 4) is 11.4 Å². The molecule has 5 aromatic rings. The number of hydrogen-bond acceptors (Lipinski definition) is 3. The second-order valence-electron chi connectivity index (χ2n) is 6.92. The van der Waals surface area contributed by atoms with E-state index in [0.717, 1.165) is 27.6 Å². The molecule has 0 atom stereocenters. The van der Waals surface area contributed by atoms with Crippen LogP contribution in [0.25, 0.3) is 33.2 Å². The second-order valence-corrected chi connectivity index (χ2v) is 6.92. The van der Waals surface area contributed by atoms with Gasteiger partial charge in [-0.25, -0.2) is 4.98 Å². The largest absolute Gasteiger partial charge is 0.361 e. The monoisotopic (exact) mass is 378 g/mol. The third-order valence-electron chi connectivity index (χ3n) is 5.07. The van der Waals surface area contributed by atoms with Gasteiger partial charge in [-0.2, -0.15) is 9.78 Å².